The first-order valence-corrected chi connectivity index (χ1v) is 7.26. The molecular formula is C16H25F2N. The molecule has 1 aromatic rings. The minimum absolute atomic E-state index is 0.125. The Hall–Kier alpha value is -0.960. The van der Waals surface area contributed by atoms with Crippen LogP contribution in [-0.4, -0.2) is 6.04 Å². The van der Waals surface area contributed by atoms with Crippen LogP contribution in [0.15, 0.2) is 18.2 Å². The molecule has 0 saturated carbocycles. The van der Waals surface area contributed by atoms with Crippen LogP contribution in [0, 0.1) is 17.6 Å². The molecule has 0 aliphatic carbocycles. The highest BCUT2D eigenvalue weighted by Crippen LogP contribution is 2.21. The molecule has 19 heavy (non-hydrogen) atoms. The van der Waals surface area contributed by atoms with Crippen LogP contribution in [0.5, 0.6) is 0 Å². The summed E-state index contributed by atoms with van der Waals surface area (Å²) < 4.78 is 27.1. The Bertz CT molecular complexity index is 359. The summed E-state index contributed by atoms with van der Waals surface area (Å²) >= 11 is 0. The molecule has 0 amide bonds. The Kier molecular flexibility index (Phi) is 7.00. The van der Waals surface area contributed by atoms with Gasteiger partial charge in [-0.05, 0) is 30.9 Å². The van der Waals surface area contributed by atoms with E-state index in [1.165, 1.54) is 31.0 Å². The average molecular weight is 269 g/mol. The van der Waals surface area contributed by atoms with Crippen LogP contribution in [0.25, 0.3) is 0 Å². The highest BCUT2D eigenvalue weighted by molar-refractivity contribution is 5.20. The zero-order valence-electron chi connectivity index (χ0n) is 12.0. The summed E-state index contributed by atoms with van der Waals surface area (Å²) in [5.74, 6) is -0.418. The molecule has 2 N–H and O–H groups in total. The largest absolute Gasteiger partial charge is 0.327 e. The van der Waals surface area contributed by atoms with E-state index < -0.39 is 11.6 Å². The minimum atomic E-state index is -0.489. The normalized spacial score (nSPS) is 14.4. The molecule has 0 aliphatic rings. The summed E-state index contributed by atoms with van der Waals surface area (Å²) in [5.41, 5.74) is 6.18. The van der Waals surface area contributed by atoms with Crippen molar-refractivity contribution in [3.63, 3.8) is 0 Å². The van der Waals surface area contributed by atoms with E-state index in [4.69, 9.17) is 5.73 Å². The van der Waals surface area contributed by atoms with Gasteiger partial charge >= 0.3 is 0 Å². The molecule has 0 spiro atoms. The number of hydrogen-bond donors (Lipinski definition) is 1. The quantitative estimate of drug-likeness (QED) is 0.741. The van der Waals surface area contributed by atoms with Crippen LogP contribution in [0.3, 0.4) is 0 Å². The first kappa shape index (κ1) is 16.1. The topological polar surface area (TPSA) is 26.0 Å². The second-order valence-corrected chi connectivity index (χ2v) is 5.32. The van der Waals surface area contributed by atoms with E-state index in [-0.39, 0.29) is 18.0 Å². The van der Waals surface area contributed by atoms with Crippen molar-refractivity contribution in [1.29, 1.82) is 0 Å². The maximum atomic E-state index is 13.5. The molecular weight excluding hydrogens is 244 g/mol. The summed E-state index contributed by atoms with van der Waals surface area (Å²) in [6.07, 6.45) is 5.71. The Morgan fingerprint density at radius 3 is 2.32 bits per heavy atom. The molecule has 0 aromatic heterocycles. The Balaban J connectivity index is 2.56. The molecule has 3 heteroatoms. The van der Waals surface area contributed by atoms with Crippen molar-refractivity contribution >= 4 is 0 Å². The number of rotatable bonds is 8. The number of benzene rings is 1. The molecule has 0 bridgehead atoms. The van der Waals surface area contributed by atoms with Gasteiger partial charge in [0.2, 0.25) is 0 Å². The standard InChI is InChI=1S/C16H25F2N/c1-3-5-7-12(4-2)10-13(19)11-14-15(17)8-6-9-16(14)18/h6,8-9,12-13H,3-5,7,10-11,19H2,1-2H3. The van der Waals surface area contributed by atoms with Crippen LogP contribution in [0.4, 0.5) is 8.78 Å². The van der Waals surface area contributed by atoms with Gasteiger partial charge in [-0.1, -0.05) is 45.6 Å². The Labute approximate surface area is 115 Å². The molecule has 1 aromatic carbocycles. The van der Waals surface area contributed by atoms with E-state index >= 15 is 0 Å². The molecule has 0 radical (unpaired) electrons. The molecule has 2 unspecified atom stereocenters. The predicted octanol–water partition coefficient (Wildman–Crippen LogP) is 4.44. The molecule has 0 heterocycles. The Morgan fingerprint density at radius 1 is 1.16 bits per heavy atom. The molecule has 0 aliphatic heterocycles. The zero-order valence-corrected chi connectivity index (χ0v) is 12.0. The third kappa shape index (κ3) is 5.27. The molecule has 0 fully saturated rings. The predicted molar refractivity (Wildman–Crippen MR) is 76.0 cm³/mol. The molecule has 1 nitrogen and oxygen atoms in total. The number of nitrogens with two attached hydrogens (primary N) is 1. The second-order valence-electron chi connectivity index (χ2n) is 5.32. The van der Waals surface area contributed by atoms with Gasteiger partial charge in [0, 0.05) is 11.6 Å². The van der Waals surface area contributed by atoms with Gasteiger partial charge in [-0.2, -0.15) is 0 Å². The summed E-state index contributed by atoms with van der Waals surface area (Å²) in [6.45, 7) is 4.32. The summed E-state index contributed by atoms with van der Waals surface area (Å²) in [5, 5.41) is 0. The maximum Gasteiger partial charge on any atom is 0.129 e. The SMILES string of the molecule is CCCCC(CC)CC(N)Cc1c(F)cccc1F. The van der Waals surface area contributed by atoms with Crippen LogP contribution in [0.1, 0.15) is 51.5 Å². The summed E-state index contributed by atoms with van der Waals surface area (Å²) in [6, 6.07) is 3.79. The van der Waals surface area contributed by atoms with Gasteiger partial charge in [-0.3, -0.25) is 0 Å². The first-order valence-electron chi connectivity index (χ1n) is 7.26. The third-order valence-electron chi connectivity index (χ3n) is 3.71. The Morgan fingerprint density at radius 2 is 1.79 bits per heavy atom. The average Bonchev–Trinajstić information content (AvgIpc) is 2.39. The van der Waals surface area contributed by atoms with Crippen molar-refractivity contribution in [3.05, 3.63) is 35.4 Å². The second kappa shape index (κ2) is 8.26. The van der Waals surface area contributed by atoms with E-state index in [1.54, 1.807) is 0 Å². The fourth-order valence-corrected chi connectivity index (χ4v) is 2.48. The fourth-order valence-electron chi connectivity index (χ4n) is 2.48. The van der Waals surface area contributed by atoms with Crippen molar-refractivity contribution in [2.75, 3.05) is 0 Å². The lowest BCUT2D eigenvalue weighted by molar-refractivity contribution is 0.378. The van der Waals surface area contributed by atoms with Gasteiger partial charge < -0.3 is 5.73 Å². The van der Waals surface area contributed by atoms with Crippen molar-refractivity contribution in [2.24, 2.45) is 11.7 Å². The number of halogens is 2. The first-order chi connectivity index (χ1) is 9.08. The zero-order chi connectivity index (χ0) is 14.3. The van der Waals surface area contributed by atoms with Crippen molar-refractivity contribution in [1.82, 2.24) is 0 Å². The molecule has 2 atom stereocenters. The lowest BCUT2D eigenvalue weighted by atomic mass is 9.90. The van der Waals surface area contributed by atoms with Gasteiger partial charge in [0.15, 0.2) is 0 Å². The van der Waals surface area contributed by atoms with Crippen molar-refractivity contribution < 1.29 is 8.78 Å². The van der Waals surface area contributed by atoms with Crippen molar-refractivity contribution in [2.45, 2.75) is 58.4 Å². The molecule has 0 saturated heterocycles. The minimum Gasteiger partial charge on any atom is -0.327 e. The maximum absolute atomic E-state index is 13.5. The van der Waals surface area contributed by atoms with Gasteiger partial charge in [0.05, 0.1) is 0 Å². The van der Waals surface area contributed by atoms with E-state index in [2.05, 4.69) is 13.8 Å². The highest BCUT2D eigenvalue weighted by Gasteiger charge is 2.16. The molecule has 1 rings (SSSR count). The smallest absolute Gasteiger partial charge is 0.129 e. The number of hydrogen-bond acceptors (Lipinski definition) is 1. The number of unbranched alkanes of at least 4 members (excludes halogenated alkanes) is 1. The monoisotopic (exact) mass is 269 g/mol. The van der Waals surface area contributed by atoms with Gasteiger partial charge in [-0.15, -0.1) is 0 Å². The molecule has 108 valence electrons. The highest BCUT2D eigenvalue weighted by atomic mass is 19.1. The fraction of sp³-hybridized carbons (Fsp3) is 0.625. The van der Waals surface area contributed by atoms with Crippen molar-refractivity contribution in [3.8, 4) is 0 Å². The lowest BCUT2D eigenvalue weighted by Crippen LogP contribution is -2.27. The van der Waals surface area contributed by atoms with E-state index in [0.717, 1.165) is 19.3 Å². The lowest BCUT2D eigenvalue weighted by Gasteiger charge is -2.20. The van der Waals surface area contributed by atoms with E-state index in [1.807, 2.05) is 0 Å². The van der Waals surface area contributed by atoms with Crippen LogP contribution in [0.2, 0.25) is 0 Å². The van der Waals surface area contributed by atoms with Gasteiger partial charge in [-0.25, -0.2) is 8.78 Å². The van der Waals surface area contributed by atoms with Crippen LogP contribution < -0.4 is 5.73 Å². The van der Waals surface area contributed by atoms with Crippen LogP contribution in [-0.2, 0) is 6.42 Å². The van der Waals surface area contributed by atoms with Gasteiger partial charge in [0.25, 0.3) is 0 Å². The summed E-state index contributed by atoms with van der Waals surface area (Å²) in [4.78, 5) is 0. The van der Waals surface area contributed by atoms with E-state index in [0.29, 0.717) is 5.92 Å². The van der Waals surface area contributed by atoms with E-state index in [9.17, 15) is 8.78 Å². The third-order valence-corrected chi connectivity index (χ3v) is 3.71. The summed E-state index contributed by atoms with van der Waals surface area (Å²) in [7, 11) is 0. The van der Waals surface area contributed by atoms with Crippen LogP contribution >= 0.6 is 0 Å². The van der Waals surface area contributed by atoms with Gasteiger partial charge in [0.1, 0.15) is 11.6 Å².